The summed E-state index contributed by atoms with van der Waals surface area (Å²) in [5.74, 6) is 0.863. The molecule has 4 unspecified atom stereocenters. The zero-order valence-electron chi connectivity index (χ0n) is 15.9. The Balaban J connectivity index is 1.86. The van der Waals surface area contributed by atoms with Gasteiger partial charge < -0.3 is 23.7 Å². The molecule has 0 saturated heterocycles. The molecule has 144 valence electrons. The number of fused-ring (bicyclic) bond motifs is 1. The highest BCUT2D eigenvalue weighted by Gasteiger charge is 2.83. The van der Waals surface area contributed by atoms with Crippen LogP contribution in [0.15, 0.2) is 6.07 Å². The van der Waals surface area contributed by atoms with E-state index in [-0.39, 0.29) is 30.1 Å². The van der Waals surface area contributed by atoms with E-state index in [1.165, 1.54) is 14.2 Å². The van der Waals surface area contributed by atoms with Crippen LogP contribution >= 0.6 is 0 Å². The summed E-state index contributed by atoms with van der Waals surface area (Å²) < 4.78 is 27.2. The second kappa shape index (κ2) is 6.81. The fourth-order valence-electron chi connectivity index (χ4n) is 4.64. The third-order valence-electron chi connectivity index (χ3n) is 5.97. The first-order valence-electron chi connectivity index (χ1n) is 8.96. The molecule has 2 aliphatic carbocycles. The van der Waals surface area contributed by atoms with Crippen molar-refractivity contribution in [2.24, 2.45) is 11.3 Å². The van der Waals surface area contributed by atoms with Gasteiger partial charge in [-0.1, -0.05) is 13.8 Å². The molecule has 1 aromatic rings. The molecule has 0 radical (unpaired) electrons. The van der Waals surface area contributed by atoms with E-state index >= 15 is 0 Å². The first kappa shape index (κ1) is 18.5. The molecule has 3 rings (SSSR count). The van der Waals surface area contributed by atoms with Crippen molar-refractivity contribution in [3.63, 3.8) is 0 Å². The standard InChI is InChI=1S/C18H26N2O6/c1-6-17-9-8-12(18(17,11(17)3)26-16(21)24-7-2)25-15-19-13(22-4)10-14(20-15)23-5/h10-12H,6-9H2,1-5H3. The average Bonchev–Trinajstić information content (AvgIpc) is 2.98. The van der Waals surface area contributed by atoms with Crippen LogP contribution in [0.5, 0.6) is 17.8 Å². The van der Waals surface area contributed by atoms with Gasteiger partial charge in [0.2, 0.25) is 11.8 Å². The van der Waals surface area contributed by atoms with Crippen LogP contribution in [-0.4, -0.2) is 48.7 Å². The number of carbonyl (C=O) groups excluding carboxylic acids is 1. The average molecular weight is 366 g/mol. The quantitative estimate of drug-likeness (QED) is 0.681. The van der Waals surface area contributed by atoms with Crippen molar-refractivity contribution in [2.75, 3.05) is 20.8 Å². The van der Waals surface area contributed by atoms with Crippen molar-refractivity contribution in [3.05, 3.63) is 6.07 Å². The SMILES string of the molecule is CCOC(=O)OC12C(Oc3nc(OC)cc(OC)n3)CCC1(CC)C2C. The van der Waals surface area contributed by atoms with Gasteiger partial charge in [0.05, 0.1) is 26.9 Å². The Bertz CT molecular complexity index is 661. The van der Waals surface area contributed by atoms with Gasteiger partial charge in [0.15, 0.2) is 5.60 Å². The van der Waals surface area contributed by atoms with Gasteiger partial charge in [0.1, 0.15) is 6.10 Å². The highest BCUT2D eigenvalue weighted by molar-refractivity contribution is 5.62. The number of hydrogen-bond acceptors (Lipinski definition) is 8. The Morgan fingerprint density at radius 3 is 2.38 bits per heavy atom. The van der Waals surface area contributed by atoms with E-state index in [0.717, 1.165) is 19.3 Å². The number of rotatable bonds is 7. The molecule has 2 fully saturated rings. The van der Waals surface area contributed by atoms with Gasteiger partial charge in [-0.25, -0.2) is 4.79 Å². The first-order chi connectivity index (χ1) is 12.5. The lowest BCUT2D eigenvalue weighted by Gasteiger charge is -2.25. The van der Waals surface area contributed by atoms with Crippen molar-refractivity contribution in [1.82, 2.24) is 9.97 Å². The van der Waals surface area contributed by atoms with Crippen LogP contribution in [-0.2, 0) is 9.47 Å². The van der Waals surface area contributed by atoms with Crippen LogP contribution in [0.4, 0.5) is 4.79 Å². The minimum Gasteiger partial charge on any atom is -0.481 e. The zero-order chi connectivity index (χ0) is 18.9. The number of hydrogen-bond donors (Lipinski definition) is 0. The molecule has 0 amide bonds. The Hall–Kier alpha value is -2.25. The summed E-state index contributed by atoms with van der Waals surface area (Å²) in [4.78, 5) is 20.5. The van der Waals surface area contributed by atoms with Gasteiger partial charge >= 0.3 is 12.2 Å². The van der Waals surface area contributed by atoms with Crippen molar-refractivity contribution >= 4 is 6.16 Å². The molecular weight excluding hydrogens is 340 g/mol. The van der Waals surface area contributed by atoms with E-state index in [2.05, 4.69) is 23.8 Å². The van der Waals surface area contributed by atoms with Crippen LogP contribution in [0, 0.1) is 11.3 Å². The molecular formula is C18H26N2O6. The Morgan fingerprint density at radius 2 is 1.88 bits per heavy atom. The molecule has 1 heterocycles. The summed E-state index contributed by atoms with van der Waals surface area (Å²) in [5.41, 5.74) is -0.805. The van der Waals surface area contributed by atoms with Crippen molar-refractivity contribution in [2.45, 2.75) is 51.7 Å². The number of aromatic nitrogens is 2. The number of methoxy groups -OCH3 is 2. The topological polar surface area (TPSA) is 89.0 Å². The third kappa shape index (κ3) is 2.62. The molecule has 26 heavy (non-hydrogen) atoms. The summed E-state index contributed by atoms with van der Waals surface area (Å²) >= 11 is 0. The van der Waals surface area contributed by atoms with Crippen LogP contribution in [0.25, 0.3) is 0 Å². The first-order valence-corrected chi connectivity index (χ1v) is 8.96. The van der Waals surface area contributed by atoms with Crippen LogP contribution in [0.2, 0.25) is 0 Å². The third-order valence-corrected chi connectivity index (χ3v) is 5.97. The predicted octanol–water partition coefficient (Wildman–Crippen LogP) is 2.99. The molecule has 8 heteroatoms. The number of nitrogens with zero attached hydrogens (tertiary/aromatic N) is 2. The normalized spacial score (nSPS) is 31.7. The summed E-state index contributed by atoms with van der Waals surface area (Å²) in [6.07, 6.45) is 1.56. The lowest BCUT2D eigenvalue weighted by Crippen LogP contribution is -2.39. The number of ether oxygens (including phenoxy) is 5. The molecule has 2 saturated carbocycles. The molecule has 0 aromatic carbocycles. The van der Waals surface area contributed by atoms with E-state index in [4.69, 9.17) is 23.7 Å². The van der Waals surface area contributed by atoms with Crippen molar-refractivity contribution in [1.29, 1.82) is 0 Å². The van der Waals surface area contributed by atoms with E-state index in [0.29, 0.717) is 11.8 Å². The lowest BCUT2D eigenvalue weighted by molar-refractivity contribution is -0.0478. The maximum atomic E-state index is 12.1. The molecule has 8 nitrogen and oxygen atoms in total. The van der Waals surface area contributed by atoms with Gasteiger partial charge in [-0.05, 0) is 26.2 Å². The minimum absolute atomic E-state index is 0.0899. The smallest absolute Gasteiger partial charge is 0.481 e. The van der Waals surface area contributed by atoms with Crippen LogP contribution in [0.3, 0.4) is 0 Å². The molecule has 0 bridgehead atoms. The molecule has 1 aromatic heterocycles. The van der Waals surface area contributed by atoms with E-state index in [1.54, 1.807) is 13.0 Å². The Morgan fingerprint density at radius 1 is 1.23 bits per heavy atom. The monoisotopic (exact) mass is 366 g/mol. The van der Waals surface area contributed by atoms with Crippen LogP contribution < -0.4 is 14.2 Å². The predicted molar refractivity (Wildman–Crippen MR) is 91.5 cm³/mol. The second-order valence-electron chi connectivity index (χ2n) is 6.69. The highest BCUT2D eigenvalue weighted by Crippen LogP contribution is 2.75. The van der Waals surface area contributed by atoms with E-state index in [9.17, 15) is 4.79 Å². The van der Waals surface area contributed by atoms with Gasteiger partial charge in [0.25, 0.3) is 0 Å². The summed E-state index contributed by atoms with van der Waals surface area (Å²) in [6, 6.07) is 1.71. The molecule has 2 aliphatic rings. The molecule has 0 spiro atoms. The van der Waals surface area contributed by atoms with Gasteiger partial charge in [-0.3, -0.25) is 0 Å². The highest BCUT2D eigenvalue weighted by atomic mass is 16.7. The molecule has 0 aliphatic heterocycles. The summed E-state index contributed by atoms with van der Waals surface area (Å²) in [7, 11) is 3.02. The lowest BCUT2D eigenvalue weighted by atomic mass is 9.97. The Labute approximate surface area is 153 Å². The number of carbonyl (C=O) groups is 1. The fourth-order valence-corrected chi connectivity index (χ4v) is 4.64. The van der Waals surface area contributed by atoms with E-state index in [1.807, 2.05) is 0 Å². The second-order valence-corrected chi connectivity index (χ2v) is 6.69. The van der Waals surface area contributed by atoms with Gasteiger partial charge in [0, 0.05) is 11.3 Å². The molecule has 4 atom stereocenters. The van der Waals surface area contributed by atoms with Crippen LogP contribution in [0.1, 0.15) is 40.0 Å². The summed E-state index contributed by atoms with van der Waals surface area (Å²) in [5, 5.41) is 0. The Kier molecular flexibility index (Phi) is 4.86. The van der Waals surface area contributed by atoms with Crippen molar-refractivity contribution < 1.29 is 28.5 Å². The van der Waals surface area contributed by atoms with Gasteiger partial charge in [-0.2, -0.15) is 9.97 Å². The minimum atomic E-state index is -0.715. The summed E-state index contributed by atoms with van der Waals surface area (Å²) in [6.45, 7) is 6.22. The van der Waals surface area contributed by atoms with E-state index < -0.39 is 11.8 Å². The maximum absolute atomic E-state index is 12.1. The largest absolute Gasteiger partial charge is 0.508 e. The zero-order valence-corrected chi connectivity index (χ0v) is 15.9. The molecule has 0 N–H and O–H groups in total. The van der Waals surface area contributed by atoms with Crippen molar-refractivity contribution in [3.8, 4) is 17.8 Å². The van der Waals surface area contributed by atoms with Gasteiger partial charge in [-0.15, -0.1) is 0 Å². The fraction of sp³-hybridized carbons (Fsp3) is 0.722. The maximum Gasteiger partial charge on any atom is 0.508 e.